The standard InChI is InChI=1S/C9H10N2O4/c10-9(13)8(12)5-6-3-1-2-4-7(6)11(14)15/h1-4,8,12H,5H2,(H2,10,13). The van der Waals surface area contributed by atoms with Gasteiger partial charge in [0.1, 0.15) is 6.10 Å². The summed E-state index contributed by atoms with van der Waals surface area (Å²) in [5.74, 6) is -0.895. The van der Waals surface area contributed by atoms with Gasteiger partial charge in [-0.05, 0) is 0 Å². The molecular weight excluding hydrogens is 200 g/mol. The van der Waals surface area contributed by atoms with E-state index in [1.165, 1.54) is 18.2 Å². The number of aliphatic hydroxyl groups excluding tert-OH is 1. The number of para-hydroxylation sites is 1. The summed E-state index contributed by atoms with van der Waals surface area (Å²) in [6, 6.07) is 5.89. The number of nitrogens with two attached hydrogens (primary N) is 1. The Balaban J connectivity index is 2.94. The molecule has 1 rings (SSSR count). The molecule has 15 heavy (non-hydrogen) atoms. The monoisotopic (exact) mass is 210 g/mol. The lowest BCUT2D eigenvalue weighted by molar-refractivity contribution is -0.385. The molecule has 0 radical (unpaired) electrons. The summed E-state index contributed by atoms with van der Waals surface area (Å²) in [4.78, 5) is 20.6. The molecule has 6 nitrogen and oxygen atoms in total. The number of carbonyl (C=O) groups is 1. The van der Waals surface area contributed by atoms with Crippen LogP contribution in [0.25, 0.3) is 0 Å². The molecule has 0 heterocycles. The average Bonchev–Trinajstić information content (AvgIpc) is 2.18. The van der Waals surface area contributed by atoms with Crippen LogP contribution in [0.3, 0.4) is 0 Å². The molecule has 1 atom stereocenters. The van der Waals surface area contributed by atoms with Gasteiger partial charge in [-0.1, -0.05) is 18.2 Å². The van der Waals surface area contributed by atoms with Crippen LogP contribution in [0.15, 0.2) is 24.3 Å². The number of carbonyl (C=O) groups excluding carboxylic acids is 1. The highest BCUT2D eigenvalue weighted by molar-refractivity contribution is 5.79. The Morgan fingerprint density at radius 2 is 2.13 bits per heavy atom. The fourth-order valence-electron chi connectivity index (χ4n) is 1.17. The van der Waals surface area contributed by atoms with Gasteiger partial charge in [0.05, 0.1) is 4.92 Å². The zero-order valence-corrected chi connectivity index (χ0v) is 7.79. The van der Waals surface area contributed by atoms with Crippen LogP contribution in [0.2, 0.25) is 0 Å². The largest absolute Gasteiger partial charge is 0.383 e. The molecule has 0 aliphatic carbocycles. The van der Waals surface area contributed by atoms with Crippen molar-refractivity contribution in [2.24, 2.45) is 5.73 Å². The molecule has 0 aromatic heterocycles. The molecule has 0 saturated heterocycles. The van der Waals surface area contributed by atoms with Crippen LogP contribution < -0.4 is 5.73 Å². The first-order valence-corrected chi connectivity index (χ1v) is 4.22. The summed E-state index contributed by atoms with van der Waals surface area (Å²) in [6.45, 7) is 0. The number of benzene rings is 1. The minimum Gasteiger partial charge on any atom is -0.383 e. The quantitative estimate of drug-likeness (QED) is 0.538. The topological polar surface area (TPSA) is 106 Å². The van der Waals surface area contributed by atoms with Crippen molar-refractivity contribution >= 4 is 11.6 Å². The number of amides is 1. The average molecular weight is 210 g/mol. The van der Waals surface area contributed by atoms with Crippen LogP contribution in [0, 0.1) is 10.1 Å². The summed E-state index contributed by atoms with van der Waals surface area (Å²) < 4.78 is 0. The number of nitro benzene ring substituents is 1. The number of primary amides is 1. The second-order valence-electron chi connectivity index (χ2n) is 3.01. The van der Waals surface area contributed by atoms with Gasteiger partial charge in [-0.25, -0.2) is 0 Å². The van der Waals surface area contributed by atoms with Gasteiger partial charge in [0, 0.05) is 18.1 Å². The Morgan fingerprint density at radius 3 is 2.67 bits per heavy atom. The van der Waals surface area contributed by atoms with Crippen molar-refractivity contribution in [3.8, 4) is 0 Å². The Morgan fingerprint density at radius 1 is 1.53 bits per heavy atom. The third kappa shape index (κ3) is 2.75. The summed E-state index contributed by atoms with van der Waals surface area (Å²) in [7, 11) is 0. The summed E-state index contributed by atoms with van der Waals surface area (Å²) in [6.07, 6.45) is -1.54. The maximum atomic E-state index is 10.6. The Labute approximate surface area is 85.5 Å². The van der Waals surface area contributed by atoms with E-state index in [-0.39, 0.29) is 17.7 Å². The highest BCUT2D eigenvalue weighted by Gasteiger charge is 2.18. The predicted molar refractivity (Wildman–Crippen MR) is 52.0 cm³/mol. The minimum atomic E-state index is -1.40. The van der Waals surface area contributed by atoms with Crippen molar-refractivity contribution in [3.05, 3.63) is 39.9 Å². The van der Waals surface area contributed by atoms with Crippen LogP contribution in [0.1, 0.15) is 5.56 Å². The zero-order chi connectivity index (χ0) is 11.4. The van der Waals surface area contributed by atoms with Crippen LogP contribution in [-0.2, 0) is 11.2 Å². The fraction of sp³-hybridized carbons (Fsp3) is 0.222. The Bertz CT molecular complexity index is 391. The molecular formula is C9H10N2O4. The molecule has 0 aliphatic heterocycles. The summed E-state index contributed by atoms with van der Waals surface area (Å²) >= 11 is 0. The predicted octanol–water partition coefficient (Wildman–Crippen LogP) is -0.0165. The van der Waals surface area contributed by atoms with Crippen LogP contribution in [0.4, 0.5) is 5.69 Å². The highest BCUT2D eigenvalue weighted by atomic mass is 16.6. The van der Waals surface area contributed by atoms with E-state index >= 15 is 0 Å². The Kier molecular flexibility index (Phi) is 3.35. The van der Waals surface area contributed by atoms with E-state index < -0.39 is 16.9 Å². The molecule has 3 N–H and O–H groups in total. The molecule has 0 saturated carbocycles. The zero-order valence-electron chi connectivity index (χ0n) is 7.79. The number of hydrogen-bond donors (Lipinski definition) is 2. The van der Waals surface area contributed by atoms with E-state index in [2.05, 4.69) is 0 Å². The van der Waals surface area contributed by atoms with E-state index in [1.807, 2.05) is 0 Å². The molecule has 1 amide bonds. The maximum Gasteiger partial charge on any atom is 0.272 e. The minimum absolute atomic E-state index is 0.127. The first-order chi connectivity index (χ1) is 7.02. The molecule has 0 spiro atoms. The first-order valence-electron chi connectivity index (χ1n) is 4.22. The van der Waals surface area contributed by atoms with E-state index in [9.17, 15) is 20.0 Å². The van der Waals surface area contributed by atoms with E-state index in [4.69, 9.17) is 5.73 Å². The fourth-order valence-corrected chi connectivity index (χ4v) is 1.17. The Hall–Kier alpha value is -1.95. The molecule has 0 aliphatic rings. The van der Waals surface area contributed by atoms with Crippen molar-refractivity contribution < 1.29 is 14.8 Å². The SMILES string of the molecule is NC(=O)C(O)Cc1ccccc1[N+](=O)[O-]. The number of hydrogen-bond acceptors (Lipinski definition) is 4. The van der Waals surface area contributed by atoms with Gasteiger partial charge < -0.3 is 10.8 Å². The lowest BCUT2D eigenvalue weighted by atomic mass is 10.1. The number of rotatable bonds is 4. The number of nitro groups is 1. The number of nitrogens with zero attached hydrogens (tertiary/aromatic N) is 1. The van der Waals surface area contributed by atoms with Crippen molar-refractivity contribution in [3.63, 3.8) is 0 Å². The molecule has 1 aromatic carbocycles. The molecule has 0 fully saturated rings. The molecule has 1 aromatic rings. The summed E-state index contributed by atoms with van der Waals surface area (Å²) in [5.41, 5.74) is 5.01. The third-order valence-corrected chi connectivity index (χ3v) is 1.93. The van der Waals surface area contributed by atoms with Crippen molar-refractivity contribution in [2.45, 2.75) is 12.5 Å². The van der Waals surface area contributed by atoms with Crippen LogP contribution >= 0.6 is 0 Å². The van der Waals surface area contributed by atoms with Crippen LogP contribution in [0.5, 0.6) is 0 Å². The maximum absolute atomic E-state index is 10.6. The molecule has 80 valence electrons. The smallest absolute Gasteiger partial charge is 0.272 e. The van der Waals surface area contributed by atoms with Gasteiger partial charge in [0.25, 0.3) is 5.69 Å². The lowest BCUT2D eigenvalue weighted by Crippen LogP contribution is -2.30. The van der Waals surface area contributed by atoms with Crippen LogP contribution in [-0.4, -0.2) is 22.0 Å². The lowest BCUT2D eigenvalue weighted by Gasteiger charge is -2.06. The van der Waals surface area contributed by atoms with Crippen molar-refractivity contribution in [1.29, 1.82) is 0 Å². The van der Waals surface area contributed by atoms with E-state index in [0.717, 1.165) is 0 Å². The van der Waals surface area contributed by atoms with Gasteiger partial charge in [-0.2, -0.15) is 0 Å². The van der Waals surface area contributed by atoms with Crippen molar-refractivity contribution in [2.75, 3.05) is 0 Å². The molecule has 0 bridgehead atoms. The van der Waals surface area contributed by atoms with Gasteiger partial charge in [-0.15, -0.1) is 0 Å². The van der Waals surface area contributed by atoms with Gasteiger partial charge >= 0.3 is 0 Å². The van der Waals surface area contributed by atoms with Crippen molar-refractivity contribution in [1.82, 2.24) is 0 Å². The normalized spacial score (nSPS) is 12.1. The highest BCUT2D eigenvalue weighted by Crippen LogP contribution is 2.18. The summed E-state index contributed by atoms with van der Waals surface area (Å²) in [5, 5.41) is 19.8. The third-order valence-electron chi connectivity index (χ3n) is 1.93. The van der Waals surface area contributed by atoms with E-state index in [0.29, 0.717) is 0 Å². The van der Waals surface area contributed by atoms with E-state index in [1.54, 1.807) is 6.07 Å². The van der Waals surface area contributed by atoms with Gasteiger partial charge in [0.2, 0.25) is 5.91 Å². The van der Waals surface area contributed by atoms with Gasteiger partial charge in [-0.3, -0.25) is 14.9 Å². The first kappa shape index (κ1) is 11.1. The molecule has 6 heteroatoms. The van der Waals surface area contributed by atoms with Gasteiger partial charge in [0.15, 0.2) is 0 Å². The second kappa shape index (κ2) is 4.52. The second-order valence-corrected chi connectivity index (χ2v) is 3.01. The number of aliphatic hydroxyl groups is 1. The molecule has 1 unspecified atom stereocenters.